The molecule has 4 aromatic rings. The van der Waals surface area contributed by atoms with Gasteiger partial charge in [0.2, 0.25) is 5.91 Å². The summed E-state index contributed by atoms with van der Waals surface area (Å²) in [5, 5.41) is 15.6. The lowest BCUT2D eigenvalue weighted by atomic mass is 9.96. The first-order chi connectivity index (χ1) is 20.9. The third-order valence-electron chi connectivity index (χ3n) is 7.85. The number of hydrogen-bond donors (Lipinski definition) is 2. The van der Waals surface area contributed by atoms with Crippen LogP contribution >= 0.6 is 0 Å². The second kappa shape index (κ2) is 14.0. The Labute approximate surface area is 252 Å². The van der Waals surface area contributed by atoms with Crippen molar-refractivity contribution in [2.24, 2.45) is 0 Å². The van der Waals surface area contributed by atoms with Crippen LogP contribution in [-0.4, -0.2) is 19.0 Å². The first-order valence-electron chi connectivity index (χ1n) is 14.6. The SMILES string of the molecule is CC(=O)NCCNCc1c(OCc2cccc(C#N)c2)cc(OCc2cccc(-c3ccc(F)cc3)c2C)c2c1CCC2. The molecule has 0 radical (unpaired) electrons. The van der Waals surface area contributed by atoms with Crippen molar-refractivity contribution in [2.45, 2.75) is 52.9 Å². The van der Waals surface area contributed by atoms with Gasteiger partial charge in [-0.25, -0.2) is 4.39 Å². The van der Waals surface area contributed by atoms with Gasteiger partial charge < -0.3 is 20.1 Å². The van der Waals surface area contributed by atoms with E-state index in [0.29, 0.717) is 38.4 Å². The maximum Gasteiger partial charge on any atom is 0.216 e. The molecular formula is C36H36FN3O3. The molecule has 0 spiro atoms. The predicted molar refractivity (Wildman–Crippen MR) is 165 cm³/mol. The highest BCUT2D eigenvalue weighted by Crippen LogP contribution is 2.40. The van der Waals surface area contributed by atoms with E-state index in [4.69, 9.17) is 9.47 Å². The Bertz CT molecular complexity index is 1640. The maximum atomic E-state index is 13.5. The number of benzene rings is 4. The van der Waals surface area contributed by atoms with Gasteiger partial charge in [0.15, 0.2) is 0 Å². The minimum absolute atomic E-state index is 0.0498. The monoisotopic (exact) mass is 577 g/mol. The molecule has 1 aliphatic rings. The zero-order chi connectivity index (χ0) is 30.2. The van der Waals surface area contributed by atoms with Crippen molar-refractivity contribution in [1.29, 1.82) is 5.26 Å². The second-order valence-electron chi connectivity index (χ2n) is 10.8. The number of fused-ring (bicyclic) bond motifs is 1. The molecule has 6 nitrogen and oxygen atoms in total. The van der Waals surface area contributed by atoms with Gasteiger partial charge in [0.1, 0.15) is 30.5 Å². The second-order valence-corrected chi connectivity index (χ2v) is 10.8. The largest absolute Gasteiger partial charge is 0.488 e. The number of ether oxygens (including phenoxy) is 2. The van der Waals surface area contributed by atoms with Gasteiger partial charge in [0.05, 0.1) is 11.6 Å². The van der Waals surface area contributed by atoms with Gasteiger partial charge in [-0.3, -0.25) is 4.79 Å². The number of nitrogens with zero attached hydrogens (tertiary/aromatic N) is 1. The summed E-state index contributed by atoms with van der Waals surface area (Å²) in [6, 6.07) is 24.3. The highest BCUT2D eigenvalue weighted by atomic mass is 19.1. The minimum Gasteiger partial charge on any atom is -0.488 e. The van der Waals surface area contributed by atoms with Crippen molar-refractivity contribution in [3.63, 3.8) is 0 Å². The first kappa shape index (κ1) is 29.8. The number of amides is 1. The zero-order valence-electron chi connectivity index (χ0n) is 24.6. The van der Waals surface area contributed by atoms with Gasteiger partial charge in [0.25, 0.3) is 0 Å². The van der Waals surface area contributed by atoms with Crippen LogP contribution < -0.4 is 20.1 Å². The molecule has 1 aliphatic carbocycles. The Morgan fingerprint density at radius 1 is 0.930 bits per heavy atom. The summed E-state index contributed by atoms with van der Waals surface area (Å²) in [5.74, 6) is 1.27. The van der Waals surface area contributed by atoms with E-state index in [1.54, 1.807) is 18.2 Å². The van der Waals surface area contributed by atoms with Crippen LogP contribution in [0.3, 0.4) is 0 Å². The van der Waals surface area contributed by atoms with Crippen LogP contribution in [-0.2, 0) is 37.4 Å². The van der Waals surface area contributed by atoms with E-state index in [-0.39, 0.29) is 11.7 Å². The van der Waals surface area contributed by atoms with Crippen LogP contribution in [0.1, 0.15) is 52.3 Å². The predicted octanol–water partition coefficient (Wildman–Crippen LogP) is 6.55. The average Bonchev–Trinajstić information content (AvgIpc) is 3.51. The van der Waals surface area contributed by atoms with E-state index in [1.807, 2.05) is 36.4 Å². The number of hydrogen-bond acceptors (Lipinski definition) is 5. The molecule has 0 aliphatic heterocycles. The van der Waals surface area contributed by atoms with Gasteiger partial charge in [-0.05, 0) is 89.4 Å². The van der Waals surface area contributed by atoms with Crippen LogP contribution in [0.4, 0.5) is 4.39 Å². The van der Waals surface area contributed by atoms with Gasteiger partial charge in [-0.15, -0.1) is 0 Å². The molecule has 220 valence electrons. The molecule has 0 unspecified atom stereocenters. The summed E-state index contributed by atoms with van der Waals surface area (Å²) in [4.78, 5) is 11.3. The molecule has 1 amide bonds. The van der Waals surface area contributed by atoms with Crippen molar-refractivity contribution < 1.29 is 18.7 Å². The summed E-state index contributed by atoms with van der Waals surface area (Å²) >= 11 is 0. The third-order valence-corrected chi connectivity index (χ3v) is 7.85. The highest BCUT2D eigenvalue weighted by molar-refractivity contribution is 5.72. The maximum absolute atomic E-state index is 13.5. The van der Waals surface area contributed by atoms with Crippen molar-refractivity contribution in [2.75, 3.05) is 13.1 Å². The lowest BCUT2D eigenvalue weighted by Crippen LogP contribution is -2.30. The number of carbonyl (C=O) groups excluding carboxylic acids is 1. The molecule has 4 aromatic carbocycles. The normalized spacial score (nSPS) is 12.0. The Morgan fingerprint density at radius 3 is 2.49 bits per heavy atom. The number of halogens is 1. The van der Waals surface area contributed by atoms with Crippen LogP contribution in [0.2, 0.25) is 0 Å². The van der Waals surface area contributed by atoms with E-state index in [2.05, 4.69) is 29.7 Å². The molecule has 43 heavy (non-hydrogen) atoms. The molecule has 0 aromatic heterocycles. The molecule has 0 saturated carbocycles. The summed E-state index contributed by atoms with van der Waals surface area (Å²) in [6.45, 7) is 6.10. The van der Waals surface area contributed by atoms with Crippen LogP contribution in [0.5, 0.6) is 11.5 Å². The summed E-state index contributed by atoms with van der Waals surface area (Å²) in [5.41, 5.74) is 9.26. The summed E-state index contributed by atoms with van der Waals surface area (Å²) < 4.78 is 26.5. The smallest absolute Gasteiger partial charge is 0.216 e. The van der Waals surface area contributed by atoms with Crippen molar-refractivity contribution in [3.8, 4) is 28.7 Å². The number of rotatable bonds is 12. The van der Waals surface area contributed by atoms with Crippen molar-refractivity contribution >= 4 is 5.91 Å². The zero-order valence-corrected chi connectivity index (χ0v) is 24.6. The van der Waals surface area contributed by atoms with Gasteiger partial charge in [-0.1, -0.05) is 42.5 Å². The van der Waals surface area contributed by atoms with Crippen LogP contribution in [0.15, 0.2) is 72.8 Å². The van der Waals surface area contributed by atoms with Gasteiger partial charge in [-0.2, -0.15) is 5.26 Å². The van der Waals surface area contributed by atoms with E-state index in [0.717, 1.165) is 64.1 Å². The third kappa shape index (κ3) is 7.40. The molecule has 0 bridgehead atoms. The Kier molecular flexibility index (Phi) is 9.70. The van der Waals surface area contributed by atoms with Crippen LogP contribution in [0.25, 0.3) is 11.1 Å². The molecule has 0 fully saturated rings. The summed E-state index contributed by atoms with van der Waals surface area (Å²) in [7, 11) is 0. The molecular weight excluding hydrogens is 541 g/mol. The molecule has 0 heterocycles. The van der Waals surface area contributed by atoms with E-state index >= 15 is 0 Å². The number of carbonyl (C=O) groups is 1. The number of nitriles is 1. The topological polar surface area (TPSA) is 83.4 Å². The quantitative estimate of drug-likeness (QED) is 0.187. The Hall–Kier alpha value is -4.67. The van der Waals surface area contributed by atoms with Gasteiger partial charge in [0, 0.05) is 38.2 Å². The van der Waals surface area contributed by atoms with Gasteiger partial charge >= 0.3 is 0 Å². The van der Waals surface area contributed by atoms with E-state index < -0.39 is 0 Å². The average molecular weight is 578 g/mol. The Morgan fingerprint density at radius 2 is 1.70 bits per heavy atom. The lowest BCUT2D eigenvalue weighted by Gasteiger charge is -2.20. The summed E-state index contributed by atoms with van der Waals surface area (Å²) in [6.07, 6.45) is 2.91. The first-order valence-corrected chi connectivity index (χ1v) is 14.6. The van der Waals surface area contributed by atoms with Crippen molar-refractivity contribution in [1.82, 2.24) is 10.6 Å². The lowest BCUT2D eigenvalue weighted by molar-refractivity contribution is -0.118. The number of nitrogens with one attached hydrogen (secondary N) is 2. The molecule has 0 saturated heterocycles. The highest BCUT2D eigenvalue weighted by Gasteiger charge is 2.24. The molecule has 0 atom stereocenters. The molecule has 7 heteroatoms. The van der Waals surface area contributed by atoms with Crippen molar-refractivity contribution in [3.05, 3.63) is 118 Å². The fourth-order valence-corrected chi connectivity index (χ4v) is 5.61. The Balaban J connectivity index is 1.40. The van der Waals surface area contributed by atoms with E-state index in [9.17, 15) is 14.4 Å². The minimum atomic E-state index is -0.253. The fourth-order valence-electron chi connectivity index (χ4n) is 5.61. The van der Waals surface area contributed by atoms with E-state index in [1.165, 1.54) is 30.2 Å². The molecule has 2 N–H and O–H groups in total. The van der Waals surface area contributed by atoms with Crippen LogP contribution in [0, 0.1) is 24.1 Å². The molecule has 5 rings (SSSR count). The fraction of sp³-hybridized carbons (Fsp3) is 0.278. The standard InChI is InChI=1S/C36H36FN3O3/c1-24-29(8-4-9-31(24)28-12-14-30(37)15-13-28)23-43-35-19-36(42-22-27-7-3-6-26(18-27)20-38)34(32-10-5-11-33(32)35)21-39-16-17-40-25(2)41/h3-4,6-9,12-15,18-19,39H,5,10-11,16-17,21-23H2,1-2H3,(H,40,41).